The molecule has 40 heavy (non-hydrogen) atoms. The number of hydrogen-bond donors (Lipinski definition) is 6. The third-order valence-electron chi connectivity index (χ3n) is 6.62. The van der Waals surface area contributed by atoms with Crippen LogP contribution in [-0.4, -0.2) is 70.4 Å². The van der Waals surface area contributed by atoms with Gasteiger partial charge >= 0.3 is 17.9 Å². The van der Waals surface area contributed by atoms with E-state index in [1.807, 2.05) is 0 Å². The van der Waals surface area contributed by atoms with Crippen molar-refractivity contribution < 1.29 is 39.3 Å². The summed E-state index contributed by atoms with van der Waals surface area (Å²) in [5.74, 6) is -3.58. The number of unbranched alkanes of at least 4 members (excludes halogenated alkanes) is 12. The molecule has 0 radical (unpaired) electrons. The minimum Gasteiger partial charge on any atom is -0.481 e. The maximum Gasteiger partial charge on any atom is 0.327 e. The van der Waals surface area contributed by atoms with Crippen LogP contribution in [0.3, 0.4) is 0 Å². The molecular weight excluding hydrogens is 520 g/mol. The molecule has 0 aliphatic carbocycles. The third kappa shape index (κ3) is 22.8. The Morgan fingerprint density at radius 3 is 1.55 bits per heavy atom. The second-order valence-corrected chi connectivity index (χ2v) is 10.2. The van der Waals surface area contributed by atoms with Crippen LogP contribution >= 0.6 is 0 Å². The summed E-state index contributed by atoms with van der Waals surface area (Å²) < 4.78 is 0. The first kappa shape index (κ1) is 36.8. The first-order chi connectivity index (χ1) is 19.2. The Hall–Kier alpha value is -3.18. The Labute approximate surface area is 237 Å². The Balaban J connectivity index is 3.82. The molecule has 0 saturated carbocycles. The number of carbonyl (C=O) groups excluding carboxylic acids is 2. The molecule has 2 amide bonds. The van der Waals surface area contributed by atoms with Crippen LogP contribution in [0.5, 0.6) is 0 Å². The molecule has 0 aromatic rings. The summed E-state index contributed by atoms with van der Waals surface area (Å²) in [6, 6.07) is -1.95. The summed E-state index contributed by atoms with van der Waals surface area (Å²) in [4.78, 5) is 57.2. The van der Waals surface area contributed by atoms with E-state index in [4.69, 9.17) is 10.2 Å². The minimum atomic E-state index is -1.18. The van der Waals surface area contributed by atoms with Gasteiger partial charge in [-0.15, -0.1) is 0 Å². The van der Waals surface area contributed by atoms with E-state index in [0.29, 0.717) is 32.2 Å². The highest BCUT2D eigenvalue weighted by molar-refractivity contribution is 5.84. The average Bonchev–Trinajstić information content (AvgIpc) is 2.89. The number of hydrogen-bond acceptors (Lipinski definition) is 7. The summed E-state index contributed by atoms with van der Waals surface area (Å²) in [6.07, 6.45) is 14.3. The van der Waals surface area contributed by atoms with Gasteiger partial charge in [0.2, 0.25) is 11.8 Å². The van der Waals surface area contributed by atoms with Crippen molar-refractivity contribution in [2.45, 2.75) is 134 Å². The van der Waals surface area contributed by atoms with Crippen LogP contribution in [0.4, 0.5) is 0 Å². The van der Waals surface area contributed by atoms with Crippen molar-refractivity contribution in [3.05, 3.63) is 0 Å². The van der Waals surface area contributed by atoms with Gasteiger partial charge in [0, 0.05) is 32.5 Å². The molecule has 230 valence electrons. The number of rotatable bonds is 28. The second-order valence-electron chi connectivity index (χ2n) is 10.2. The normalized spacial score (nSPS) is 12.2. The van der Waals surface area contributed by atoms with E-state index in [-0.39, 0.29) is 37.5 Å². The summed E-state index contributed by atoms with van der Waals surface area (Å²) in [5.41, 5.74) is 2.40. The van der Waals surface area contributed by atoms with Crippen LogP contribution in [0.15, 0.2) is 5.10 Å². The van der Waals surface area contributed by atoms with E-state index in [1.54, 1.807) is 0 Å². The lowest BCUT2D eigenvalue weighted by Gasteiger charge is -2.15. The monoisotopic (exact) mass is 570 g/mol. The van der Waals surface area contributed by atoms with Gasteiger partial charge in [-0.05, 0) is 38.5 Å². The van der Waals surface area contributed by atoms with Gasteiger partial charge in [-0.1, -0.05) is 64.2 Å². The van der Waals surface area contributed by atoms with Gasteiger partial charge in [0.1, 0.15) is 12.1 Å². The van der Waals surface area contributed by atoms with Crippen LogP contribution in [0.1, 0.15) is 122 Å². The molecule has 0 aliphatic heterocycles. The third-order valence-corrected chi connectivity index (χ3v) is 6.62. The summed E-state index contributed by atoms with van der Waals surface area (Å²) in [7, 11) is 0. The van der Waals surface area contributed by atoms with Gasteiger partial charge in [-0.3, -0.25) is 19.8 Å². The number of amides is 2. The smallest absolute Gasteiger partial charge is 0.327 e. The highest BCUT2D eigenvalue weighted by Crippen LogP contribution is 2.13. The number of nitrogens with one attached hydrogen (secondary N) is 3. The lowest BCUT2D eigenvalue weighted by atomic mass is 10.0. The van der Waals surface area contributed by atoms with Crippen LogP contribution in [0.25, 0.3) is 0 Å². The molecule has 6 N–H and O–H groups in total. The van der Waals surface area contributed by atoms with E-state index < -0.39 is 30.0 Å². The number of nitrogens with zero attached hydrogens (tertiary/aromatic N) is 1. The molecule has 0 heterocycles. The Morgan fingerprint density at radius 1 is 0.575 bits per heavy atom. The zero-order valence-electron chi connectivity index (χ0n) is 23.8. The average molecular weight is 571 g/mol. The number of hydrazone groups is 1. The zero-order chi connectivity index (χ0) is 30.0. The van der Waals surface area contributed by atoms with Crippen molar-refractivity contribution in [3.63, 3.8) is 0 Å². The van der Waals surface area contributed by atoms with Gasteiger partial charge in [-0.25, -0.2) is 9.59 Å². The van der Waals surface area contributed by atoms with Crippen molar-refractivity contribution in [2.75, 3.05) is 6.54 Å². The summed E-state index contributed by atoms with van der Waals surface area (Å²) in [5, 5.41) is 35.6. The van der Waals surface area contributed by atoms with Crippen molar-refractivity contribution in [3.8, 4) is 0 Å². The fraction of sp³-hybridized carbons (Fsp3) is 0.786. The molecule has 12 heteroatoms. The van der Waals surface area contributed by atoms with Gasteiger partial charge in [-0.2, -0.15) is 5.10 Å². The molecule has 0 fully saturated rings. The molecule has 0 aromatic carbocycles. The van der Waals surface area contributed by atoms with E-state index in [2.05, 4.69) is 27.9 Å². The topological polar surface area (TPSA) is 194 Å². The highest BCUT2D eigenvalue weighted by Gasteiger charge is 2.21. The van der Waals surface area contributed by atoms with Crippen molar-refractivity contribution >= 4 is 36.4 Å². The highest BCUT2D eigenvalue weighted by atomic mass is 16.4. The maximum atomic E-state index is 12.2. The first-order valence-corrected chi connectivity index (χ1v) is 14.6. The number of carboxylic acids is 3. The van der Waals surface area contributed by atoms with E-state index in [1.165, 1.54) is 19.3 Å². The summed E-state index contributed by atoms with van der Waals surface area (Å²) >= 11 is 0. The van der Waals surface area contributed by atoms with Gasteiger partial charge in [0.15, 0.2) is 0 Å². The Kier molecular flexibility index (Phi) is 22.9. The number of carboxylic acid groups (broad SMARTS) is 3. The van der Waals surface area contributed by atoms with E-state index in [9.17, 15) is 29.1 Å². The van der Waals surface area contributed by atoms with Crippen molar-refractivity contribution in [2.24, 2.45) is 5.10 Å². The van der Waals surface area contributed by atoms with Crippen LogP contribution < -0.4 is 16.1 Å². The second kappa shape index (κ2) is 24.8. The predicted molar refractivity (Wildman–Crippen MR) is 152 cm³/mol. The SMILES string of the molecule is C=NN[C@@H](CCCCNC(=O)CC[C@H](NC(=O)CCCCCCCCCCCCCCC(=O)O)C(=O)O)C(=O)O. The first-order valence-electron chi connectivity index (χ1n) is 14.6. The maximum absolute atomic E-state index is 12.2. The number of carbonyl (C=O) groups is 5. The predicted octanol–water partition coefficient (Wildman–Crippen LogP) is 3.83. The molecule has 0 spiro atoms. The lowest BCUT2D eigenvalue weighted by molar-refractivity contribution is -0.142. The molecule has 12 nitrogen and oxygen atoms in total. The van der Waals surface area contributed by atoms with E-state index >= 15 is 0 Å². The molecule has 0 rings (SSSR count). The molecule has 0 unspecified atom stereocenters. The zero-order valence-corrected chi connectivity index (χ0v) is 23.8. The largest absolute Gasteiger partial charge is 0.481 e. The lowest BCUT2D eigenvalue weighted by Crippen LogP contribution is -2.41. The van der Waals surface area contributed by atoms with Crippen LogP contribution in [0.2, 0.25) is 0 Å². The molecule has 0 aromatic heterocycles. The Bertz CT molecular complexity index is 763. The molecule has 0 saturated heterocycles. The fourth-order valence-electron chi connectivity index (χ4n) is 4.27. The van der Waals surface area contributed by atoms with Crippen molar-refractivity contribution in [1.82, 2.24) is 16.1 Å². The quantitative estimate of drug-likeness (QED) is 0.0460. The van der Waals surface area contributed by atoms with Gasteiger partial charge in [0.05, 0.1) is 0 Å². The minimum absolute atomic E-state index is 0.00868. The van der Waals surface area contributed by atoms with Crippen LogP contribution in [-0.2, 0) is 24.0 Å². The van der Waals surface area contributed by atoms with E-state index in [0.717, 1.165) is 51.4 Å². The van der Waals surface area contributed by atoms with Crippen LogP contribution in [0, 0.1) is 0 Å². The Morgan fingerprint density at radius 2 is 1.07 bits per heavy atom. The molecular formula is C28H50N4O8. The van der Waals surface area contributed by atoms with Gasteiger partial charge in [0.25, 0.3) is 0 Å². The molecule has 0 aliphatic rings. The summed E-state index contributed by atoms with van der Waals surface area (Å²) in [6.45, 7) is 3.54. The molecule has 0 bridgehead atoms. The number of aliphatic carboxylic acids is 3. The van der Waals surface area contributed by atoms with Crippen molar-refractivity contribution in [1.29, 1.82) is 0 Å². The molecule has 2 atom stereocenters. The standard InChI is InChI=1S/C28H50N4O8/c1-29-32-23(28(39)40)16-14-15-21-30-24(33)20-19-22(27(37)38)31-25(34)17-12-10-8-6-4-2-3-5-7-9-11-13-18-26(35)36/h22-23,32H,1-21H2,(H,30,33)(H,31,34)(H,35,36)(H,37,38)(H,39,40)/t22-,23-/m0/s1. The fourth-order valence-corrected chi connectivity index (χ4v) is 4.27. The van der Waals surface area contributed by atoms with Gasteiger partial charge < -0.3 is 26.0 Å².